The van der Waals surface area contributed by atoms with Crippen LogP contribution in [0.15, 0.2) is 46.8 Å². The molecule has 2 aromatic rings. The number of hydrogen-bond acceptors (Lipinski definition) is 6. The van der Waals surface area contributed by atoms with E-state index < -0.39 is 0 Å². The van der Waals surface area contributed by atoms with Crippen LogP contribution in [-0.4, -0.2) is 49.5 Å². The van der Waals surface area contributed by atoms with Gasteiger partial charge in [-0.3, -0.25) is 9.59 Å². The van der Waals surface area contributed by atoms with E-state index in [0.29, 0.717) is 49.1 Å². The number of morpholine rings is 1. The van der Waals surface area contributed by atoms with Crippen molar-refractivity contribution in [3.63, 3.8) is 0 Å². The van der Waals surface area contributed by atoms with Crippen LogP contribution in [0, 0.1) is 0 Å². The number of allylic oxidation sites excluding steroid dienone is 1. The first-order valence-electron chi connectivity index (χ1n) is 8.31. The third-order valence-electron chi connectivity index (χ3n) is 4.18. The van der Waals surface area contributed by atoms with Crippen LogP contribution in [0.4, 0.5) is 0 Å². The van der Waals surface area contributed by atoms with Crippen molar-refractivity contribution in [3.8, 4) is 11.5 Å². The summed E-state index contributed by atoms with van der Waals surface area (Å²) in [6.45, 7) is 2.17. The Balaban J connectivity index is 1.42. The highest BCUT2D eigenvalue weighted by molar-refractivity contribution is 6.14. The van der Waals surface area contributed by atoms with Crippen molar-refractivity contribution in [3.05, 3.63) is 53.7 Å². The minimum atomic E-state index is -0.215. The topological polar surface area (TPSA) is 78.2 Å². The zero-order valence-electron chi connectivity index (χ0n) is 14.0. The molecular weight excluding hydrogens is 338 g/mol. The fourth-order valence-electron chi connectivity index (χ4n) is 2.81. The van der Waals surface area contributed by atoms with Gasteiger partial charge in [-0.1, -0.05) is 0 Å². The molecule has 0 aliphatic carbocycles. The fraction of sp³-hybridized carbons (Fsp3) is 0.263. The number of nitrogens with zero attached hydrogens (tertiary/aromatic N) is 1. The van der Waals surface area contributed by atoms with Gasteiger partial charge in [0.25, 0.3) is 5.91 Å². The predicted octanol–water partition coefficient (Wildman–Crippen LogP) is 2.13. The number of fused-ring (bicyclic) bond motifs is 1. The van der Waals surface area contributed by atoms with Crippen molar-refractivity contribution in [1.29, 1.82) is 0 Å². The van der Waals surface area contributed by atoms with E-state index in [0.717, 1.165) is 0 Å². The molecule has 3 heterocycles. The number of carbonyl (C=O) groups is 2. The minimum Gasteiger partial charge on any atom is -0.484 e. The highest BCUT2D eigenvalue weighted by atomic mass is 16.5. The van der Waals surface area contributed by atoms with Crippen LogP contribution in [0.2, 0.25) is 0 Å². The average molecular weight is 355 g/mol. The molecule has 1 amide bonds. The van der Waals surface area contributed by atoms with Crippen LogP contribution in [-0.2, 0) is 9.53 Å². The molecule has 1 aromatic heterocycles. The van der Waals surface area contributed by atoms with E-state index in [4.69, 9.17) is 18.6 Å². The van der Waals surface area contributed by atoms with Crippen LogP contribution in [0.5, 0.6) is 11.5 Å². The van der Waals surface area contributed by atoms with Gasteiger partial charge in [-0.25, -0.2) is 0 Å². The lowest BCUT2D eigenvalue weighted by atomic mass is 10.1. The quantitative estimate of drug-likeness (QED) is 0.782. The van der Waals surface area contributed by atoms with Gasteiger partial charge in [0, 0.05) is 25.2 Å². The molecule has 0 bridgehead atoms. The van der Waals surface area contributed by atoms with Gasteiger partial charge in [0.15, 0.2) is 12.4 Å². The second-order valence-electron chi connectivity index (χ2n) is 5.89. The smallest absolute Gasteiger partial charge is 0.260 e. The van der Waals surface area contributed by atoms with Crippen molar-refractivity contribution in [2.75, 3.05) is 32.9 Å². The molecule has 7 nitrogen and oxygen atoms in total. The van der Waals surface area contributed by atoms with Gasteiger partial charge in [0.1, 0.15) is 17.3 Å². The maximum absolute atomic E-state index is 12.4. The van der Waals surface area contributed by atoms with E-state index in [2.05, 4.69) is 0 Å². The molecule has 0 spiro atoms. The van der Waals surface area contributed by atoms with Crippen molar-refractivity contribution >= 4 is 17.8 Å². The number of furan rings is 1. The van der Waals surface area contributed by atoms with Gasteiger partial charge in [-0.2, -0.15) is 0 Å². The van der Waals surface area contributed by atoms with E-state index in [-0.39, 0.29) is 24.1 Å². The summed E-state index contributed by atoms with van der Waals surface area (Å²) >= 11 is 0. The predicted molar refractivity (Wildman–Crippen MR) is 91.0 cm³/mol. The van der Waals surface area contributed by atoms with Crippen molar-refractivity contribution in [1.82, 2.24) is 4.90 Å². The Morgan fingerprint density at radius 2 is 2.08 bits per heavy atom. The van der Waals surface area contributed by atoms with E-state index in [1.165, 1.54) is 6.26 Å². The second-order valence-corrected chi connectivity index (χ2v) is 5.89. The number of rotatable bonds is 4. The monoisotopic (exact) mass is 355 g/mol. The average Bonchev–Trinajstić information content (AvgIpc) is 3.29. The number of amides is 1. The molecular formula is C19H17NO6. The number of Topliss-reactive ketones (excluding diaryl/α,β-unsaturated/α-hetero) is 1. The molecule has 2 aliphatic rings. The first kappa shape index (κ1) is 16.4. The summed E-state index contributed by atoms with van der Waals surface area (Å²) < 4.78 is 21.6. The first-order chi connectivity index (χ1) is 12.7. The Labute approximate surface area is 149 Å². The zero-order chi connectivity index (χ0) is 17.9. The Morgan fingerprint density at radius 1 is 1.23 bits per heavy atom. The lowest BCUT2D eigenvalue weighted by Crippen LogP contribution is -2.42. The van der Waals surface area contributed by atoms with Crippen LogP contribution < -0.4 is 9.47 Å². The van der Waals surface area contributed by atoms with E-state index in [1.54, 1.807) is 41.3 Å². The highest BCUT2D eigenvalue weighted by Gasteiger charge is 2.28. The molecule has 26 heavy (non-hydrogen) atoms. The lowest BCUT2D eigenvalue weighted by molar-refractivity contribution is -0.137. The molecule has 0 unspecified atom stereocenters. The molecule has 4 rings (SSSR count). The van der Waals surface area contributed by atoms with Gasteiger partial charge in [-0.15, -0.1) is 0 Å². The maximum Gasteiger partial charge on any atom is 0.260 e. The number of benzene rings is 1. The van der Waals surface area contributed by atoms with Gasteiger partial charge in [0.2, 0.25) is 5.78 Å². The lowest BCUT2D eigenvalue weighted by Gasteiger charge is -2.26. The molecule has 0 saturated carbocycles. The molecule has 1 aromatic carbocycles. The summed E-state index contributed by atoms with van der Waals surface area (Å²) in [5.74, 6) is 1.29. The Hall–Kier alpha value is -3.06. The Bertz CT molecular complexity index is 849. The van der Waals surface area contributed by atoms with Gasteiger partial charge < -0.3 is 23.5 Å². The molecule has 1 fully saturated rings. The van der Waals surface area contributed by atoms with Gasteiger partial charge in [-0.05, 0) is 24.3 Å². The summed E-state index contributed by atoms with van der Waals surface area (Å²) in [5, 5.41) is 0. The van der Waals surface area contributed by atoms with Crippen molar-refractivity contribution in [2.24, 2.45) is 0 Å². The Morgan fingerprint density at radius 3 is 2.85 bits per heavy atom. The second kappa shape index (κ2) is 7.05. The minimum absolute atomic E-state index is 0.0676. The zero-order valence-corrected chi connectivity index (χ0v) is 14.0. The van der Waals surface area contributed by atoms with E-state index in [9.17, 15) is 9.59 Å². The molecule has 0 radical (unpaired) electrons. The summed E-state index contributed by atoms with van der Waals surface area (Å²) in [7, 11) is 0. The maximum atomic E-state index is 12.4. The molecule has 1 saturated heterocycles. The van der Waals surface area contributed by atoms with E-state index in [1.807, 2.05) is 0 Å². The summed E-state index contributed by atoms with van der Waals surface area (Å²) in [6.07, 6.45) is 3.07. The SMILES string of the molecule is O=C1C(=Cc2ccco2)Oc2cc(OCC(=O)N3CCOCC3)ccc21. The summed E-state index contributed by atoms with van der Waals surface area (Å²) in [5.41, 5.74) is 0.453. The number of ketones is 1. The van der Waals surface area contributed by atoms with Gasteiger partial charge in [0.05, 0.1) is 25.0 Å². The Kier molecular flexibility index (Phi) is 4.45. The molecule has 7 heteroatoms. The highest BCUT2D eigenvalue weighted by Crippen LogP contribution is 2.34. The molecule has 134 valence electrons. The van der Waals surface area contributed by atoms with Crippen LogP contribution in [0.1, 0.15) is 16.1 Å². The van der Waals surface area contributed by atoms with Crippen LogP contribution in [0.3, 0.4) is 0 Å². The summed E-state index contributed by atoms with van der Waals surface area (Å²) in [4.78, 5) is 26.2. The van der Waals surface area contributed by atoms with Crippen LogP contribution in [0.25, 0.3) is 6.08 Å². The number of carbonyl (C=O) groups excluding carboxylic acids is 2. The fourth-order valence-corrected chi connectivity index (χ4v) is 2.81. The van der Waals surface area contributed by atoms with E-state index >= 15 is 0 Å². The van der Waals surface area contributed by atoms with Crippen molar-refractivity contribution < 1.29 is 28.2 Å². The molecule has 2 aliphatic heterocycles. The van der Waals surface area contributed by atoms with Crippen LogP contribution >= 0.6 is 0 Å². The standard InChI is InChI=1S/C19H17NO6/c21-18(20-5-8-23-9-6-20)12-25-14-3-4-15-16(10-14)26-17(19(15)22)11-13-2-1-7-24-13/h1-4,7,10-11H,5-6,8-9,12H2. The summed E-state index contributed by atoms with van der Waals surface area (Å²) in [6, 6.07) is 8.37. The third kappa shape index (κ3) is 3.34. The normalized spacial score (nSPS) is 17.9. The van der Waals surface area contributed by atoms with Gasteiger partial charge >= 0.3 is 0 Å². The largest absolute Gasteiger partial charge is 0.484 e. The molecule has 0 atom stereocenters. The molecule has 0 N–H and O–H groups in total. The number of ether oxygens (including phenoxy) is 3. The number of hydrogen-bond donors (Lipinski definition) is 0. The third-order valence-corrected chi connectivity index (χ3v) is 4.18. The van der Waals surface area contributed by atoms with Crippen molar-refractivity contribution in [2.45, 2.75) is 0 Å². The first-order valence-corrected chi connectivity index (χ1v) is 8.31.